The largest absolute Gasteiger partial charge is 0.481 e. The zero-order valence-corrected chi connectivity index (χ0v) is 9.17. The Kier molecular flexibility index (Phi) is 3.04. The van der Waals surface area contributed by atoms with Crippen LogP contribution in [0.25, 0.3) is 0 Å². The number of carbonyl (C=O) groups excluding carboxylic acids is 1. The molecular formula is C10H18N2O3. The van der Waals surface area contributed by atoms with E-state index in [0.717, 1.165) is 6.42 Å². The maximum atomic E-state index is 11.7. The van der Waals surface area contributed by atoms with Crippen LogP contribution in [0.15, 0.2) is 0 Å². The van der Waals surface area contributed by atoms with Crippen molar-refractivity contribution in [3.63, 3.8) is 0 Å². The molecule has 0 bridgehead atoms. The molecule has 1 fully saturated rings. The Morgan fingerprint density at radius 1 is 1.47 bits per heavy atom. The third kappa shape index (κ3) is 2.92. The third-order valence-electron chi connectivity index (χ3n) is 2.74. The van der Waals surface area contributed by atoms with E-state index in [1.54, 1.807) is 13.8 Å². The van der Waals surface area contributed by atoms with Crippen molar-refractivity contribution < 1.29 is 14.7 Å². The summed E-state index contributed by atoms with van der Waals surface area (Å²) in [5.74, 6) is -1.17. The van der Waals surface area contributed by atoms with Crippen LogP contribution in [0.3, 0.4) is 0 Å². The maximum Gasteiger partial charge on any atom is 0.305 e. The van der Waals surface area contributed by atoms with Crippen LogP contribution in [0, 0.1) is 0 Å². The van der Waals surface area contributed by atoms with Gasteiger partial charge in [-0.15, -0.1) is 0 Å². The molecule has 0 aromatic carbocycles. The van der Waals surface area contributed by atoms with E-state index in [-0.39, 0.29) is 12.3 Å². The monoisotopic (exact) mass is 214 g/mol. The first-order valence-corrected chi connectivity index (χ1v) is 5.08. The summed E-state index contributed by atoms with van der Waals surface area (Å²) >= 11 is 0. The first-order valence-electron chi connectivity index (χ1n) is 5.08. The molecule has 0 aromatic rings. The average Bonchev–Trinajstić information content (AvgIpc) is 1.95. The van der Waals surface area contributed by atoms with Gasteiger partial charge >= 0.3 is 5.97 Å². The lowest BCUT2D eigenvalue weighted by Crippen LogP contribution is -2.62. The van der Waals surface area contributed by atoms with Gasteiger partial charge < -0.3 is 16.2 Å². The Hall–Kier alpha value is -1.10. The highest BCUT2D eigenvalue weighted by molar-refractivity contribution is 5.88. The molecule has 15 heavy (non-hydrogen) atoms. The van der Waals surface area contributed by atoms with Gasteiger partial charge in [0.1, 0.15) is 0 Å². The predicted molar refractivity (Wildman–Crippen MR) is 55.2 cm³/mol. The molecule has 5 heteroatoms. The summed E-state index contributed by atoms with van der Waals surface area (Å²) in [7, 11) is 0. The van der Waals surface area contributed by atoms with Crippen LogP contribution in [0.1, 0.15) is 39.5 Å². The van der Waals surface area contributed by atoms with Crippen LogP contribution in [-0.2, 0) is 9.59 Å². The standard InChI is InChI=1S/C10H18N2O3/c1-9(2,6-7(13)14)12-8(15)10(11)4-3-5-10/h3-6,11H2,1-2H3,(H,12,15)(H,13,14). The van der Waals surface area contributed by atoms with Crippen LogP contribution < -0.4 is 11.1 Å². The van der Waals surface area contributed by atoms with E-state index >= 15 is 0 Å². The first kappa shape index (κ1) is 12.0. The van der Waals surface area contributed by atoms with Gasteiger partial charge in [-0.05, 0) is 33.1 Å². The lowest BCUT2D eigenvalue weighted by Gasteiger charge is -2.39. The molecule has 0 aromatic heterocycles. The number of carboxylic acid groups (broad SMARTS) is 1. The normalized spacial score (nSPS) is 19.1. The molecular weight excluding hydrogens is 196 g/mol. The average molecular weight is 214 g/mol. The molecule has 1 rings (SSSR count). The fraction of sp³-hybridized carbons (Fsp3) is 0.800. The fourth-order valence-electron chi connectivity index (χ4n) is 1.64. The summed E-state index contributed by atoms with van der Waals surface area (Å²) in [6, 6.07) is 0. The van der Waals surface area contributed by atoms with Gasteiger partial charge in [-0.3, -0.25) is 9.59 Å². The Morgan fingerprint density at radius 3 is 2.33 bits per heavy atom. The molecule has 1 saturated carbocycles. The zero-order valence-electron chi connectivity index (χ0n) is 9.17. The molecule has 1 amide bonds. The summed E-state index contributed by atoms with van der Waals surface area (Å²) in [5.41, 5.74) is 4.31. The number of amides is 1. The summed E-state index contributed by atoms with van der Waals surface area (Å²) < 4.78 is 0. The highest BCUT2D eigenvalue weighted by Crippen LogP contribution is 2.29. The highest BCUT2D eigenvalue weighted by atomic mass is 16.4. The van der Waals surface area contributed by atoms with Crippen molar-refractivity contribution in [2.75, 3.05) is 0 Å². The predicted octanol–water partition coefficient (Wildman–Crippen LogP) is 0.237. The molecule has 86 valence electrons. The molecule has 0 aliphatic heterocycles. The van der Waals surface area contributed by atoms with Gasteiger partial charge in [0.15, 0.2) is 0 Å². The Morgan fingerprint density at radius 2 is 2.00 bits per heavy atom. The van der Waals surface area contributed by atoms with Crippen LogP contribution >= 0.6 is 0 Å². The van der Waals surface area contributed by atoms with Crippen molar-refractivity contribution in [2.45, 2.75) is 50.6 Å². The zero-order chi connectivity index (χ0) is 11.7. The van der Waals surface area contributed by atoms with E-state index < -0.39 is 17.0 Å². The lowest BCUT2D eigenvalue weighted by molar-refractivity contribution is -0.139. The van der Waals surface area contributed by atoms with E-state index in [4.69, 9.17) is 10.8 Å². The van der Waals surface area contributed by atoms with Crippen LogP contribution in [0.4, 0.5) is 0 Å². The quantitative estimate of drug-likeness (QED) is 0.625. The van der Waals surface area contributed by atoms with E-state index in [0.29, 0.717) is 12.8 Å². The van der Waals surface area contributed by atoms with Crippen molar-refractivity contribution in [2.24, 2.45) is 5.73 Å². The Bertz CT molecular complexity index is 282. The summed E-state index contributed by atoms with van der Waals surface area (Å²) in [6.45, 7) is 3.36. The number of nitrogens with one attached hydrogen (secondary N) is 1. The molecule has 1 aliphatic rings. The molecule has 1 aliphatic carbocycles. The number of hydrogen-bond donors (Lipinski definition) is 3. The first-order chi connectivity index (χ1) is 6.75. The summed E-state index contributed by atoms with van der Waals surface area (Å²) in [6.07, 6.45) is 2.22. The molecule has 0 radical (unpaired) electrons. The van der Waals surface area contributed by atoms with Crippen molar-refractivity contribution in [3.05, 3.63) is 0 Å². The minimum atomic E-state index is -0.931. The van der Waals surface area contributed by atoms with Gasteiger partial charge in [0.05, 0.1) is 12.0 Å². The summed E-state index contributed by atoms with van der Waals surface area (Å²) in [5, 5.41) is 11.3. The smallest absolute Gasteiger partial charge is 0.305 e. The van der Waals surface area contributed by atoms with Gasteiger partial charge in [0, 0.05) is 5.54 Å². The minimum Gasteiger partial charge on any atom is -0.481 e. The Labute approximate surface area is 89.0 Å². The number of carbonyl (C=O) groups is 2. The van der Waals surface area contributed by atoms with Crippen molar-refractivity contribution in [1.82, 2.24) is 5.32 Å². The second-order valence-corrected chi connectivity index (χ2v) is 4.92. The molecule has 4 N–H and O–H groups in total. The van der Waals surface area contributed by atoms with Crippen molar-refractivity contribution in [3.8, 4) is 0 Å². The number of nitrogens with two attached hydrogens (primary N) is 1. The highest BCUT2D eigenvalue weighted by Gasteiger charge is 2.42. The molecule has 0 saturated heterocycles. The second kappa shape index (κ2) is 3.81. The number of carboxylic acids is 1. The van der Waals surface area contributed by atoms with Gasteiger partial charge in [0.2, 0.25) is 5.91 Å². The van der Waals surface area contributed by atoms with Gasteiger partial charge in [0.25, 0.3) is 0 Å². The molecule has 0 heterocycles. The van der Waals surface area contributed by atoms with Gasteiger partial charge in [-0.25, -0.2) is 0 Å². The lowest BCUT2D eigenvalue weighted by atomic mass is 9.76. The molecule has 0 unspecified atom stereocenters. The van der Waals surface area contributed by atoms with E-state index in [9.17, 15) is 9.59 Å². The van der Waals surface area contributed by atoms with Crippen molar-refractivity contribution in [1.29, 1.82) is 0 Å². The van der Waals surface area contributed by atoms with Crippen LogP contribution in [0.5, 0.6) is 0 Å². The summed E-state index contributed by atoms with van der Waals surface area (Å²) in [4.78, 5) is 22.3. The van der Waals surface area contributed by atoms with E-state index in [2.05, 4.69) is 5.32 Å². The van der Waals surface area contributed by atoms with Crippen LogP contribution in [0.2, 0.25) is 0 Å². The third-order valence-corrected chi connectivity index (χ3v) is 2.74. The number of hydrogen-bond acceptors (Lipinski definition) is 3. The second-order valence-electron chi connectivity index (χ2n) is 4.92. The maximum absolute atomic E-state index is 11.7. The van der Waals surface area contributed by atoms with Crippen molar-refractivity contribution >= 4 is 11.9 Å². The van der Waals surface area contributed by atoms with Crippen LogP contribution in [-0.4, -0.2) is 28.1 Å². The topological polar surface area (TPSA) is 92.4 Å². The Balaban J connectivity index is 2.53. The van der Waals surface area contributed by atoms with E-state index in [1.807, 2.05) is 0 Å². The molecule has 0 atom stereocenters. The molecule has 5 nitrogen and oxygen atoms in total. The SMILES string of the molecule is CC(C)(CC(=O)O)NC(=O)C1(N)CCC1. The number of rotatable bonds is 4. The minimum absolute atomic E-state index is 0.102. The van der Waals surface area contributed by atoms with E-state index in [1.165, 1.54) is 0 Å². The van der Waals surface area contributed by atoms with Gasteiger partial charge in [-0.1, -0.05) is 0 Å². The number of aliphatic carboxylic acids is 1. The fourth-order valence-corrected chi connectivity index (χ4v) is 1.64. The van der Waals surface area contributed by atoms with Gasteiger partial charge in [-0.2, -0.15) is 0 Å². The molecule has 0 spiro atoms.